The summed E-state index contributed by atoms with van der Waals surface area (Å²) in [6.07, 6.45) is 2.57. The van der Waals surface area contributed by atoms with E-state index < -0.39 is 0 Å². The molecule has 1 N–H and O–H groups in total. The van der Waals surface area contributed by atoms with Gasteiger partial charge in [-0.3, -0.25) is 4.90 Å². The molecule has 102 valence electrons. The van der Waals surface area contributed by atoms with Crippen molar-refractivity contribution in [2.45, 2.75) is 46.2 Å². The molecule has 0 radical (unpaired) electrons. The van der Waals surface area contributed by atoms with Gasteiger partial charge in [-0.05, 0) is 60.7 Å². The van der Waals surface area contributed by atoms with Gasteiger partial charge in [-0.25, -0.2) is 0 Å². The summed E-state index contributed by atoms with van der Waals surface area (Å²) < 4.78 is 0. The number of thiophene rings is 1. The van der Waals surface area contributed by atoms with E-state index in [9.17, 15) is 0 Å². The monoisotopic (exact) mass is 266 g/mol. The molecule has 0 aliphatic carbocycles. The molecule has 18 heavy (non-hydrogen) atoms. The molecule has 1 unspecified atom stereocenters. The van der Waals surface area contributed by atoms with Gasteiger partial charge in [0.1, 0.15) is 0 Å². The maximum Gasteiger partial charge on any atom is 0.0245 e. The molecule has 0 amide bonds. The molecule has 0 saturated carbocycles. The van der Waals surface area contributed by atoms with Crippen LogP contribution in [0.1, 0.15) is 37.8 Å². The Morgan fingerprint density at radius 1 is 1.44 bits per heavy atom. The topological polar surface area (TPSA) is 15.3 Å². The largest absolute Gasteiger partial charge is 0.313 e. The van der Waals surface area contributed by atoms with Crippen molar-refractivity contribution in [3.05, 3.63) is 21.9 Å². The van der Waals surface area contributed by atoms with E-state index in [0.29, 0.717) is 6.04 Å². The third kappa shape index (κ3) is 4.08. The highest BCUT2D eigenvalue weighted by Gasteiger charge is 2.19. The maximum absolute atomic E-state index is 3.70. The minimum atomic E-state index is 0.673. The lowest BCUT2D eigenvalue weighted by Crippen LogP contribution is -2.38. The standard InChI is InChI=1S/C15H26N2S/c1-12(2)7-15-9-17(6-4-5-16-15)8-14-11-18-10-13(14)3/h10-12,15-16H,4-9H2,1-3H3. The second-order valence-electron chi connectivity index (χ2n) is 5.95. The van der Waals surface area contributed by atoms with Gasteiger partial charge in [0.25, 0.3) is 0 Å². The van der Waals surface area contributed by atoms with Crippen LogP contribution in [0.4, 0.5) is 0 Å². The fourth-order valence-corrected chi connectivity index (χ4v) is 3.58. The SMILES string of the molecule is Cc1cscc1CN1CCCNC(CC(C)C)C1. The number of nitrogens with one attached hydrogen (secondary N) is 1. The molecule has 0 spiro atoms. The third-order valence-corrected chi connectivity index (χ3v) is 4.58. The summed E-state index contributed by atoms with van der Waals surface area (Å²) in [5, 5.41) is 8.27. The maximum atomic E-state index is 3.70. The highest BCUT2D eigenvalue weighted by Crippen LogP contribution is 2.18. The van der Waals surface area contributed by atoms with Crippen LogP contribution in [0.3, 0.4) is 0 Å². The number of rotatable bonds is 4. The van der Waals surface area contributed by atoms with Gasteiger partial charge in [0.05, 0.1) is 0 Å². The molecule has 1 fully saturated rings. The highest BCUT2D eigenvalue weighted by atomic mass is 32.1. The number of hydrogen-bond acceptors (Lipinski definition) is 3. The van der Waals surface area contributed by atoms with Crippen LogP contribution in [-0.2, 0) is 6.54 Å². The van der Waals surface area contributed by atoms with Crippen LogP contribution in [0.2, 0.25) is 0 Å². The minimum Gasteiger partial charge on any atom is -0.313 e. The molecule has 2 rings (SSSR count). The van der Waals surface area contributed by atoms with Gasteiger partial charge >= 0.3 is 0 Å². The van der Waals surface area contributed by atoms with E-state index >= 15 is 0 Å². The summed E-state index contributed by atoms with van der Waals surface area (Å²) in [6.45, 7) is 11.6. The smallest absolute Gasteiger partial charge is 0.0245 e. The van der Waals surface area contributed by atoms with Crippen LogP contribution < -0.4 is 5.32 Å². The molecule has 2 heterocycles. The van der Waals surface area contributed by atoms with Crippen molar-refractivity contribution in [2.75, 3.05) is 19.6 Å². The lowest BCUT2D eigenvalue weighted by atomic mass is 10.0. The first kappa shape index (κ1) is 14.0. The Morgan fingerprint density at radius 2 is 2.28 bits per heavy atom. The van der Waals surface area contributed by atoms with E-state index in [4.69, 9.17) is 0 Å². The zero-order valence-electron chi connectivity index (χ0n) is 11.9. The molecule has 1 saturated heterocycles. The van der Waals surface area contributed by atoms with Crippen molar-refractivity contribution in [1.82, 2.24) is 10.2 Å². The molecule has 2 nitrogen and oxygen atoms in total. The zero-order chi connectivity index (χ0) is 13.0. The molecule has 3 heteroatoms. The molecule has 1 aromatic heterocycles. The Bertz CT molecular complexity index is 359. The fraction of sp³-hybridized carbons (Fsp3) is 0.733. The van der Waals surface area contributed by atoms with E-state index in [1.807, 2.05) is 11.3 Å². The van der Waals surface area contributed by atoms with Crippen molar-refractivity contribution in [1.29, 1.82) is 0 Å². The molecule has 0 aromatic carbocycles. The van der Waals surface area contributed by atoms with E-state index in [-0.39, 0.29) is 0 Å². The first-order chi connectivity index (χ1) is 8.65. The summed E-state index contributed by atoms with van der Waals surface area (Å²) in [7, 11) is 0. The van der Waals surface area contributed by atoms with Gasteiger partial charge in [-0.15, -0.1) is 0 Å². The second kappa shape index (κ2) is 6.69. The minimum absolute atomic E-state index is 0.673. The van der Waals surface area contributed by atoms with Crippen molar-refractivity contribution < 1.29 is 0 Å². The summed E-state index contributed by atoms with van der Waals surface area (Å²) in [5.41, 5.74) is 2.97. The van der Waals surface area contributed by atoms with E-state index in [1.54, 1.807) is 0 Å². The van der Waals surface area contributed by atoms with E-state index in [1.165, 1.54) is 43.6 Å². The van der Waals surface area contributed by atoms with Crippen LogP contribution in [0, 0.1) is 12.8 Å². The fourth-order valence-electron chi connectivity index (χ4n) is 2.74. The Balaban J connectivity index is 1.92. The summed E-state index contributed by atoms with van der Waals surface area (Å²) in [6, 6.07) is 0.673. The van der Waals surface area contributed by atoms with Crippen molar-refractivity contribution in [3.63, 3.8) is 0 Å². The van der Waals surface area contributed by atoms with Crippen LogP contribution in [0.25, 0.3) is 0 Å². The molecule has 1 atom stereocenters. The predicted octanol–water partition coefficient (Wildman–Crippen LogP) is 3.27. The molecule has 1 aromatic rings. The zero-order valence-corrected chi connectivity index (χ0v) is 12.7. The lowest BCUT2D eigenvalue weighted by Gasteiger charge is -2.25. The van der Waals surface area contributed by atoms with Crippen molar-refractivity contribution >= 4 is 11.3 Å². The Labute approximate surface area is 115 Å². The molecular formula is C15H26N2S. The van der Waals surface area contributed by atoms with Crippen LogP contribution in [0.15, 0.2) is 10.8 Å². The highest BCUT2D eigenvalue weighted by molar-refractivity contribution is 7.08. The van der Waals surface area contributed by atoms with Gasteiger partial charge in [0.15, 0.2) is 0 Å². The first-order valence-electron chi connectivity index (χ1n) is 7.12. The van der Waals surface area contributed by atoms with Gasteiger partial charge in [-0.1, -0.05) is 13.8 Å². The van der Waals surface area contributed by atoms with Gasteiger partial charge in [-0.2, -0.15) is 11.3 Å². The Kier molecular flexibility index (Phi) is 5.22. The quantitative estimate of drug-likeness (QED) is 0.900. The normalized spacial score (nSPS) is 22.3. The predicted molar refractivity (Wildman–Crippen MR) is 80.2 cm³/mol. The lowest BCUT2D eigenvalue weighted by molar-refractivity contribution is 0.247. The molecule has 0 bridgehead atoms. The second-order valence-corrected chi connectivity index (χ2v) is 6.69. The van der Waals surface area contributed by atoms with Gasteiger partial charge in [0, 0.05) is 19.1 Å². The van der Waals surface area contributed by atoms with Crippen molar-refractivity contribution in [3.8, 4) is 0 Å². The summed E-state index contributed by atoms with van der Waals surface area (Å²) in [5.74, 6) is 0.783. The number of nitrogens with zero attached hydrogens (tertiary/aromatic N) is 1. The average molecular weight is 266 g/mol. The Hall–Kier alpha value is -0.380. The van der Waals surface area contributed by atoms with E-state index in [2.05, 4.69) is 41.7 Å². The van der Waals surface area contributed by atoms with Crippen LogP contribution >= 0.6 is 11.3 Å². The van der Waals surface area contributed by atoms with Crippen molar-refractivity contribution in [2.24, 2.45) is 5.92 Å². The average Bonchev–Trinajstić information content (AvgIpc) is 2.58. The summed E-state index contributed by atoms with van der Waals surface area (Å²) in [4.78, 5) is 2.63. The van der Waals surface area contributed by atoms with Gasteiger partial charge in [0.2, 0.25) is 0 Å². The molecular weight excluding hydrogens is 240 g/mol. The molecule has 1 aliphatic heterocycles. The van der Waals surface area contributed by atoms with Crippen LogP contribution in [-0.4, -0.2) is 30.6 Å². The number of aryl methyl sites for hydroxylation is 1. The van der Waals surface area contributed by atoms with E-state index in [0.717, 1.165) is 12.5 Å². The summed E-state index contributed by atoms with van der Waals surface area (Å²) >= 11 is 1.83. The van der Waals surface area contributed by atoms with Crippen LogP contribution in [0.5, 0.6) is 0 Å². The molecule has 1 aliphatic rings. The third-order valence-electron chi connectivity index (χ3n) is 3.67. The Morgan fingerprint density at radius 3 is 2.94 bits per heavy atom. The first-order valence-corrected chi connectivity index (χ1v) is 8.07. The number of hydrogen-bond donors (Lipinski definition) is 1. The van der Waals surface area contributed by atoms with Gasteiger partial charge < -0.3 is 5.32 Å².